The lowest BCUT2D eigenvalue weighted by Gasteiger charge is -2.35. The van der Waals surface area contributed by atoms with E-state index in [4.69, 9.17) is 4.74 Å². The smallest absolute Gasteiger partial charge is 0.0465 e. The Morgan fingerprint density at radius 2 is 1.94 bits per heavy atom. The third-order valence-electron chi connectivity index (χ3n) is 4.18. The summed E-state index contributed by atoms with van der Waals surface area (Å²) in [5, 5.41) is 3.79. The number of hydrogen-bond acceptors (Lipinski definition) is 2. The van der Waals surface area contributed by atoms with Gasteiger partial charge in [0, 0.05) is 19.8 Å². The fourth-order valence-corrected chi connectivity index (χ4v) is 3.12. The zero-order valence-electron chi connectivity index (χ0n) is 12.0. The SMILES string of the molecule is CCCNC(C(C)CCOC)C1CCCCC1. The molecule has 17 heavy (non-hydrogen) atoms. The first kappa shape index (κ1) is 15.0. The highest BCUT2D eigenvalue weighted by atomic mass is 16.5. The molecule has 0 amide bonds. The average Bonchev–Trinajstić information content (AvgIpc) is 2.38. The van der Waals surface area contributed by atoms with Crippen LogP contribution in [0.1, 0.15) is 58.8 Å². The van der Waals surface area contributed by atoms with Crippen molar-refractivity contribution in [1.82, 2.24) is 5.32 Å². The summed E-state index contributed by atoms with van der Waals surface area (Å²) in [6, 6.07) is 0.713. The van der Waals surface area contributed by atoms with Crippen molar-refractivity contribution >= 4 is 0 Å². The minimum absolute atomic E-state index is 0.713. The Morgan fingerprint density at radius 3 is 2.53 bits per heavy atom. The van der Waals surface area contributed by atoms with Gasteiger partial charge < -0.3 is 10.1 Å². The zero-order chi connectivity index (χ0) is 12.5. The molecule has 1 rings (SSSR count). The molecule has 2 heteroatoms. The van der Waals surface area contributed by atoms with Crippen LogP contribution >= 0.6 is 0 Å². The van der Waals surface area contributed by atoms with E-state index in [1.54, 1.807) is 0 Å². The van der Waals surface area contributed by atoms with Crippen LogP contribution in [-0.4, -0.2) is 26.3 Å². The van der Waals surface area contributed by atoms with Crippen LogP contribution in [-0.2, 0) is 4.74 Å². The molecule has 1 aliphatic rings. The second kappa shape index (κ2) is 8.93. The maximum atomic E-state index is 5.23. The molecule has 2 unspecified atom stereocenters. The van der Waals surface area contributed by atoms with Crippen molar-refractivity contribution in [3.8, 4) is 0 Å². The number of ether oxygens (including phenoxy) is 1. The quantitative estimate of drug-likeness (QED) is 0.701. The predicted molar refractivity (Wildman–Crippen MR) is 74.3 cm³/mol. The van der Waals surface area contributed by atoms with E-state index in [9.17, 15) is 0 Å². The Bertz CT molecular complexity index is 178. The molecule has 0 aromatic carbocycles. The number of rotatable bonds is 8. The van der Waals surface area contributed by atoms with E-state index in [1.165, 1.54) is 51.5 Å². The molecule has 0 aliphatic heterocycles. The summed E-state index contributed by atoms with van der Waals surface area (Å²) in [6.45, 7) is 6.71. The fourth-order valence-electron chi connectivity index (χ4n) is 3.12. The van der Waals surface area contributed by atoms with Crippen LogP contribution in [0.15, 0.2) is 0 Å². The van der Waals surface area contributed by atoms with Crippen LogP contribution in [0.5, 0.6) is 0 Å². The highest BCUT2D eigenvalue weighted by Crippen LogP contribution is 2.30. The van der Waals surface area contributed by atoms with Gasteiger partial charge >= 0.3 is 0 Å². The molecule has 0 spiro atoms. The molecule has 1 aliphatic carbocycles. The topological polar surface area (TPSA) is 21.3 Å². The molecule has 0 saturated heterocycles. The summed E-state index contributed by atoms with van der Waals surface area (Å²) >= 11 is 0. The van der Waals surface area contributed by atoms with Gasteiger partial charge in [0.05, 0.1) is 0 Å². The summed E-state index contributed by atoms with van der Waals surface area (Å²) in [5.41, 5.74) is 0. The molecular formula is C15H31NO. The molecule has 0 radical (unpaired) electrons. The Morgan fingerprint density at radius 1 is 1.24 bits per heavy atom. The molecule has 1 fully saturated rings. The van der Waals surface area contributed by atoms with Gasteiger partial charge in [-0.25, -0.2) is 0 Å². The van der Waals surface area contributed by atoms with Crippen molar-refractivity contribution in [2.75, 3.05) is 20.3 Å². The number of hydrogen-bond donors (Lipinski definition) is 1. The van der Waals surface area contributed by atoms with Crippen molar-refractivity contribution in [2.45, 2.75) is 64.8 Å². The summed E-state index contributed by atoms with van der Waals surface area (Å²) in [5.74, 6) is 1.65. The van der Waals surface area contributed by atoms with Gasteiger partial charge in [0.2, 0.25) is 0 Å². The fraction of sp³-hybridized carbons (Fsp3) is 1.00. The van der Waals surface area contributed by atoms with Gasteiger partial charge in [0.1, 0.15) is 0 Å². The third-order valence-corrected chi connectivity index (χ3v) is 4.18. The van der Waals surface area contributed by atoms with Crippen LogP contribution in [0.2, 0.25) is 0 Å². The van der Waals surface area contributed by atoms with Gasteiger partial charge in [0.25, 0.3) is 0 Å². The first-order valence-electron chi connectivity index (χ1n) is 7.52. The van der Waals surface area contributed by atoms with E-state index < -0.39 is 0 Å². The number of methoxy groups -OCH3 is 1. The van der Waals surface area contributed by atoms with Crippen molar-refractivity contribution in [3.63, 3.8) is 0 Å². The average molecular weight is 241 g/mol. The lowest BCUT2D eigenvalue weighted by atomic mass is 9.78. The molecule has 1 saturated carbocycles. The number of nitrogens with one attached hydrogen (secondary N) is 1. The van der Waals surface area contributed by atoms with E-state index in [1.807, 2.05) is 7.11 Å². The van der Waals surface area contributed by atoms with Gasteiger partial charge in [0.15, 0.2) is 0 Å². The van der Waals surface area contributed by atoms with E-state index in [-0.39, 0.29) is 0 Å². The second-order valence-corrected chi connectivity index (χ2v) is 5.64. The molecule has 0 aromatic heterocycles. The van der Waals surface area contributed by atoms with Crippen molar-refractivity contribution in [2.24, 2.45) is 11.8 Å². The normalized spacial score (nSPS) is 21.4. The van der Waals surface area contributed by atoms with Crippen LogP contribution in [0.4, 0.5) is 0 Å². The largest absolute Gasteiger partial charge is 0.385 e. The molecule has 0 heterocycles. The van der Waals surface area contributed by atoms with Crippen LogP contribution < -0.4 is 5.32 Å². The third kappa shape index (κ3) is 5.39. The second-order valence-electron chi connectivity index (χ2n) is 5.64. The molecule has 2 nitrogen and oxygen atoms in total. The first-order chi connectivity index (χ1) is 8.29. The molecule has 0 aromatic rings. The lowest BCUT2D eigenvalue weighted by molar-refractivity contribution is 0.147. The summed E-state index contributed by atoms with van der Waals surface area (Å²) in [7, 11) is 1.81. The maximum absolute atomic E-state index is 5.23. The van der Waals surface area contributed by atoms with E-state index in [2.05, 4.69) is 19.2 Å². The van der Waals surface area contributed by atoms with Gasteiger partial charge in [-0.2, -0.15) is 0 Å². The zero-order valence-corrected chi connectivity index (χ0v) is 12.0. The van der Waals surface area contributed by atoms with E-state index in [0.717, 1.165) is 18.4 Å². The van der Waals surface area contributed by atoms with Crippen molar-refractivity contribution < 1.29 is 4.74 Å². The standard InChI is InChI=1S/C15H31NO/c1-4-11-16-15(13(2)10-12-17-3)14-8-6-5-7-9-14/h13-16H,4-12H2,1-3H3. The van der Waals surface area contributed by atoms with Gasteiger partial charge in [-0.15, -0.1) is 0 Å². The van der Waals surface area contributed by atoms with E-state index >= 15 is 0 Å². The molecular weight excluding hydrogens is 210 g/mol. The van der Waals surface area contributed by atoms with Gasteiger partial charge in [-0.05, 0) is 44.1 Å². The summed E-state index contributed by atoms with van der Waals surface area (Å²) < 4.78 is 5.23. The van der Waals surface area contributed by atoms with E-state index in [0.29, 0.717) is 6.04 Å². The van der Waals surface area contributed by atoms with Crippen LogP contribution in [0.25, 0.3) is 0 Å². The lowest BCUT2D eigenvalue weighted by Crippen LogP contribution is -2.42. The van der Waals surface area contributed by atoms with Gasteiger partial charge in [-0.3, -0.25) is 0 Å². The Balaban J connectivity index is 2.44. The van der Waals surface area contributed by atoms with Crippen LogP contribution in [0.3, 0.4) is 0 Å². The Labute approximate surface area is 108 Å². The van der Waals surface area contributed by atoms with Crippen LogP contribution in [0, 0.1) is 11.8 Å². The summed E-state index contributed by atoms with van der Waals surface area (Å²) in [4.78, 5) is 0. The molecule has 1 N–H and O–H groups in total. The highest BCUT2D eigenvalue weighted by molar-refractivity contribution is 4.83. The molecule has 0 bridgehead atoms. The van der Waals surface area contributed by atoms with Crippen molar-refractivity contribution in [3.05, 3.63) is 0 Å². The Kier molecular flexibility index (Phi) is 7.87. The molecule has 102 valence electrons. The van der Waals surface area contributed by atoms with Crippen molar-refractivity contribution in [1.29, 1.82) is 0 Å². The maximum Gasteiger partial charge on any atom is 0.0465 e. The predicted octanol–water partition coefficient (Wildman–Crippen LogP) is 3.61. The first-order valence-corrected chi connectivity index (χ1v) is 7.52. The minimum atomic E-state index is 0.713. The highest BCUT2D eigenvalue weighted by Gasteiger charge is 2.27. The molecule has 2 atom stereocenters. The van der Waals surface area contributed by atoms with Gasteiger partial charge in [-0.1, -0.05) is 33.1 Å². The monoisotopic (exact) mass is 241 g/mol. The summed E-state index contributed by atoms with van der Waals surface area (Å²) in [6.07, 6.45) is 9.60. The Hall–Kier alpha value is -0.0800. The minimum Gasteiger partial charge on any atom is -0.385 e.